The van der Waals surface area contributed by atoms with Crippen molar-refractivity contribution in [1.29, 1.82) is 0 Å². The van der Waals surface area contributed by atoms with E-state index in [0.29, 0.717) is 0 Å². The van der Waals surface area contributed by atoms with Crippen molar-refractivity contribution in [2.24, 2.45) is 0 Å². The molecular formula is C36H62N3+. The minimum atomic E-state index is 1.10. The predicted octanol–water partition coefficient (Wildman–Crippen LogP) is 10.5. The zero-order chi connectivity index (χ0) is 27.6. The molecule has 0 saturated heterocycles. The van der Waals surface area contributed by atoms with E-state index in [1.54, 1.807) is 0 Å². The summed E-state index contributed by atoms with van der Waals surface area (Å²) in [6.07, 6.45) is 31.4. The third-order valence-electron chi connectivity index (χ3n) is 7.95. The highest BCUT2D eigenvalue weighted by Crippen LogP contribution is 2.15. The fourth-order valence-electron chi connectivity index (χ4n) is 5.30. The van der Waals surface area contributed by atoms with Crippen molar-refractivity contribution in [2.75, 3.05) is 23.7 Å². The van der Waals surface area contributed by atoms with E-state index < -0.39 is 0 Å². The summed E-state index contributed by atoms with van der Waals surface area (Å²) in [5, 5.41) is 7.16. The number of hydrogen-bond donors (Lipinski definition) is 2. The van der Waals surface area contributed by atoms with Crippen LogP contribution in [0.4, 0.5) is 11.4 Å². The molecule has 0 atom stereocenters. The lowest BCUT2D eigenvalue weighted by atomic mass is 10.0. The van der Waals surface area contributed by atoms with Crippen LogP contribution in [0.15, 0.2) is 48.8 Å². The summed E-state index contributed by atoms with van der Waals surface area (Å²) in [5.41, 5.74) is 4.03. The fourth-order valence-corrected chi connectivity index (χ4v) is 5.30. The summed E-state index contributed by atoms with van der Waals surface area (Å²) in [4.78, 5) is 0. The predicted molar refractivity (Wildman–Crippen MR) is 173 cm³/mol. The lowest BCUT2D eigenvalue weighted by molar-refractivity contribution is -0.697. The zero-order valence-electron chi connectivity index (χ0n) is 25.8. The molecule has 0 amide bonds. The summed E-state index contributed by atoms with van der Waals surface area (Å²) in [6, 6.07) is 13.6. The Bertz CT molecular complexity index is 716. The van der Waals surface area contributed by atoms with Gasteiger partial charge in [0.1, 0.15) is 6.54 Å². The highest BCUT2D eigenvalue weighted by molar-refractivity contribution is 5.44. The fraction of sp³-hybridized carbons (Fsp3) is 0.694. The number of aryl methyl sites for hydroxylation is 2. The molecule has 3 heteroatoms. The van der Waals surface area contributed by atoms with Crippen LogP contribution in [-0.2, 0) is 13.0 Å². The average Bonchev–Trinajstić information content (AvgIpc) is 2.97. The van der Waals surface area contributed by atoms with Gasteiger partial charge in [-0.1, -0.05) is 116 Å². The van der Waals surface area contributed by atoms with Crippen molar-refractivity contribution in [3.8, 4) is 0 Å². The van der Waals surface area contributed by atoms with Crippen LogP contribution in [0.2, 0.25) is 0 Å². The van der Waals surface area contributed by atoms with E-state index in [2.05, 4.69) is 77.8 Å². The van der Waals surface area contributed by atoms with Crippen molar-refractivity contribution in [3.05, 3.63) is 54.4 Å². The van der Waals surface area contributed by atoms with Crippen molar-refractivity contribution in [3.63, 3.8) is 0 Å². The Balaban J connectivity index is 1.39. The maximum absolute atomic E-state index is 3.59. The van der Waals surface area contributed by atoms with Gasteiger partial charge in [-0.2, -0.15) is 0 Å². The lowest BCUT2D eigenvalue weighted by Crippen LogP contribution is -2.32. The molecule has 1 aromatic carbocycles. The van der Waals surface area contributed by atoms with Crippen LogP contribution < -0.4 is 15.2 Å². The number of hydrogen-bond acceptors (Lipinski definition) is 2. The van der Waals surface area contributed by atoms with Crippen LogP contribution in [-0.4, -0.2) is 13.1 Å². The van der Waals surface area contributed by atoms with Crippen molar-refractivity contribution in [1.82, 2.24) is 0 Å². The molecule has 220 valence electrons. The highest BCUT2D eigenvalue weighted by atomic mass is 14.9. The second-order valence-electron chi connectivity index (χ2n) is 11.6. The number of aromatic nitrogens is 1. The molecule has 2 aromatic rings. The standard InChI is InChI=1S/C36H61N3/c1-3-5-7-9-15-19-29-37-35-25-23-34(24-26-35)22-18-14-12-11-13-17-21-31-39-32-27-36(28-33-39)38-30-20-16-10-8-6-4-2/h23-28,32-33,37H,3-22,29-31H2,1-2H3/p+1. The first kappa shape index (κ1) is 33.2. The topological polar surface area (TPSA) is 27.9 Å². The normalized spacial score (nSPS) is 11.1. The molecule has 0 aliphatic carbocycles. The minimum Gasteiger partial charge on any atom is -0.385 e. The maximum atomic E-state index is 3.59. The second kappa shape index (κ2) is 23.8. The second-order valence-corrected chi connectivity index (χ2v) is 11.6. The summed E-state index contributed by atoms with van der Waals surface area (Å²) < 4.78 is 2.34. The van der Waals surface area contributed by atoms with Gasteiger partial charge in [0.05, 0.1) is 0 Å². The molecule has 0 unspecified atom stereocenters. The van der Waals surface area contributed by atoms with E-state index in [1.807, 2.05) is 0 Å². The van der Waals surface area contributed by atoms with Crippen LogP contribution in [0.3, 0.4) is 0 Å². The number of nitrogens with zero attached hydrogens (tertiary/aromatic N) is 1. The Morgan fingerprint density at radius 1 is 0.462 bits per heavy atom. The Morgan fingerprint density at radius 2 is 0.897 bits per heavy atom. The number of benzene rings is 1. The van der Waals surface area contributed by atoms with Gasteiger partial charge in [-0.05, 0) is 49.8 Å². The number of pyridine rings is 1. The van der Waals surface area contributed by atoms with Crippen molar-refractivity contribution in [2.45, 2.75) is 149 Å². The van der Waals surface area contributed by atoms with Gasteiger partial charge in [0.15, 0.2) is 12.4 Å². The van der Waals surface area contributed by atoms with Crippen LogP contribution in [0.5, 0.6) is 0 Å². The first-order chi connectivity index (χ1) is 19.3. The molecule has 1 heterocycles. The zero-order valence-corrected chi connectivity index (χ0v) is 25.8. The molecule has 0 radical (unpaired) electrons. The summed E-state index contributed by atoms with van der Waals surface area (Å²) in [7, 11) is 0. The van der Waals surface area contributed by atoms with Gasteiger partial charge in [-0.25, -0.2) is 4.57 Å². The van der Waals surface area contributed by atoms with Gasteiger partial charge < -0.3 is 10.6 Å². The quantitative estimate of drug-likeness (QED) is 0.0924. The number of nitrogens with one attached hydrogen (secondary N) is 2. The number of rotatable bonds is 26. The molecule has 0 aliphatic heterocycles. The van der Waals surface area contributed by atoms with Gasteiger partial charge in [0, 0.05) is 43.0 Å². The summed E-state index contributed by atoms with van der Waals surface area (Å²) in [6.45, 7) is 7.90. The third kappa shape index (κ3) is 18.0. The van der Waals surface area contributed by atoms with Crippen LogP contribution in [0.25, 0.3) is 0 Å². The van der Waals surface area contributed by atoms with E-state index >= 15 is 0 Å². The Hall–Kier alpha value is -2.03. The van der Waals surface area contributed by atoms with Gasteiger partial charge in [0.2, 0.25) is 0 Å². The Morgan fingerprint density at radius 3 is 1.44 bits per heavy atom. The van der Waals surface area contributed by atoms with Gasteiger partial charge >= 0.3 is 0 Å². The van der Waals surface area contributed by atoms with E-state index in [4.69, 9.17) is 0 Å². The molecule has 1 aromatic heterocycles. The Labute approximate surface area is 242 Å². The first-order valence-corrected chi connectivity index (χ1v) is 16.9. The highest BCUT2D eigenvalue weighted by Gasteiger charge is 2.02. The Kier molecular flexibility index (Phi) is 20.3. The van der Waals surface area contributed by atoms with Crippen molar-refractivity contribution >= 4 is 11.4 Å². The molecule has 0 saturated carbocycles. The maximum Gasteiger partial charge on any atom is 0.170 e. The van der Waals surface area contributed by atoms with Crippen LogP contribution in [0.1, 0.15) is 141 Å². The molecule has 39 heavy (non-hydrogen) atoms. The first-order valence-electron chi connectivity index (χ1n) is 16.9. The van der Waals surface area contributed by atoms with E-state index in [9.17, 15) is 0 Å². The monoisotopic (exact) mass is 536 g/mol. The van der Waals surface area contributed by atoms with E-state index in [-0.39, 0.29) is 0 Å². The lowest BCUT2D eigenvalue weighted by Gasteiger charge is -2.08. The summed E-state index contributed by atoms with van der Waals surface area (Å²) >= 11 is 0. The molecule has 2 rings (SSSR count). The number of anilines is 2. The smallest absolute Gasteiger partial charge is 0.170 e. The largest absolute Gasteiger partial charge is 0.385 e. The minimum absolute atomic E-state index is 1.10. The van der Waals surface area contributed by atoms with Crippen molar-refractivity contribution < 1.29 is 4.57 Å². The molecular weight excluding hydrogens is 474 g/mol. The number of unbranched alkanes of at least 4 members (excludes halogenated alkanes) is 16. The van der Waals surface area contributed by atoms with Crippen LogP contribution in [0, 0.1) is 0 Å². The molecule has 0 spiro atoms. The van der Waals surface area contributed by atoms with E-state index in [0.717, 1.165) is 19.6 Å². The molecule has 0 bridgehead atoms. The summed E-state index contributed by atoms with van der Waals surface area (Å²) in [5.74, 6) is 0. The SMILES string of the molecule is CCCCCCCCNc1ccc(CCCCCCCCC[n+]2ccc(NCCCCCCCC)cc2)cc1. The molecule has 2 N–H and O–H groups in total. The van der Waals surface area contributed by atoms with Gasteiger partial charge in [-0.3, -0.25) is 0 Å². The molecule has 0 aliphatic rings. The van der Waals surface area contributed by atoms with Gasteiger partial charge in [0.25, 0.3) is 0 Å². The average molecular weight is 537 g/mol. The van der Waals surface area contributed by atoms with Crippen LogP contribution >= 0.6 is 0 Å². The molecule has 3 nitrogen and oxygen atoms in total. The van der Waals surface area contributed by atoms with E-state index in [1.165, 1.54) is 145 Å². The molecule has 0 fully saturated rings. The third-order valence-corrected chi connectivity index (χ3v) is 7.95. The van der Waals surface area contributed by atoms with Gasteiger partial charge in [-0.15, -0.1) is 0 Å².